The minimum Gasteiger partial charge on any atom is -0.480 e. The van der Waals surface area contributed by atoms with Crippen LogP contribution in [0.2, 0.25) is 0 Å². The number of aryl methyl sites for hydroxylation is 1. The summed E-state index contributed by atoms with van der Waals surface area (Å²) in [6, 6.07) is 8.33. The van der Waals surface area contributed by atoms with Gasteiger partial charge in [0, 0.05) is 12.1 Å². The van der Waals surface area contributed by atoms with Crippen molar-refractivity contribution in [3.63, 3.8) is 0 Å². The number of nitrogens with one attached hydrogen (secondary N) is 1. The number of hydrogen-bond acceptors (Lipinski definition) is 6. The maximum Gasteiger partial charge on any atom is 0.296 e. The maximum absolute atomic E-state index is 10.4. The monoisotopic (exact) mass is 396 g/mol. The second kappa shape index (κ2) is 8.78. The van der Waals surface area contributed by atoms with E-state index in [1.165, 1.54) is 5.56 Å². The lowest BCUT2D eigenvalue weighted by molar-refractivity contribution is 0.408. The van der Waals surface area contributed by atoms with Gasteiger partial charge in [-0.1, -0.05) is 44.0 Å². The summed E-state index contributed by atoms with van der Waals surface area (Å²) in [6.45, 7) is 9.95. The largest absolute Gasteiger partial charge is 0.480 e. The van der Waals surface area contributed by atoms with E-state index in [-0.39, 0.29) is 17.5 Å². The van der Waals surface area contributed by atoms with Gasteiger partial charge in [-0.05, 0) is 44.7 Å². The number of aromatic nitrogens is 4. The highest BCUT2D eigenvalue weighted by Crippen LogP contribution is 2.25. The standard InChI is InChI=1S/C22H32N6O/c1-5-6-7-8-17-18-19(26-20(23)25-17)27-21(29)28(18)14-16-11-9-15(10-12-16)13-24-22(2,3)4/h9-12,24H,5-8,13-14H2,1-4H3,(H3,23,25,26,27,29). The second-order valence-corrected chi connectivity index (χ2v) is 8.58. The lowest BCUT2D eigenvalue weighted by atomic mass is 10.1. The van der Waals surface area contributed by atoms with Crippen LogP contribution in [0.4, 0.5) is 5.95 Å². The van der Waals surface area contributed by atoms with E-state index in [0.29, 0.717) is 12.2 Å². The number of aromatic hydroxyl groups is 1. The molecular formula is C22H32N6O. The first-order valence-electron chi connectivity index (χ1n) is 10.3. The molecule has 2 heterocycles. The number of nitrogen functional groups attached to an aromatic ring is 1. The van der Waals surface area contributed by atoms with Crippen LogP contribution in [-0.4, -0.2) is 30.2 Å². The van der Waals surface area contributed by atoms with Crippen molar-refractivity contribution in [2.24, 2.45) is 0 Å². The average molecular weight is 397 g/mol. The first-order valence-corrected chi connectivity index (χ1v) is 10.3. The van der Waals surface area contributed by atoms with Gasteiger partial charge < -0.3 is 16.2 Å². The zero-order valence-corrected chi connectivity index (χ0v) is 17.9. The molecule has 2 aromatic heterocycles. The molecule has 0 unspecified atom stereocenters. The Morgan fingerprint density at radius 3 is 2.38 bits per heavy atom. The number of rotatable bonds is 8. The van der Waals surface area contributed by atoms with Crippen LogP contribution in [0.15, 0.2) is 24.3 Å². The number of nitrogens with zero attached hydrogens (tertiary/aromatic N) is 4. The quantitative estimate of drug-likeness (QED) is 0.501. The average Bonchev–Trinajstić information content (AvgIpc) is 2.95. The first-order chi connectivity index (χ1) is 13.8. The lowest BCUT2D eigenvalue weighted by Crippen LogP contribution is -2.35. The van der Waals surface area contributed by atoms with Crippen molar-refractivity contribution in [2.75, 3.05) is 5.73 Å². The zero-order chi connectivity index (χ0) is 21.0. The molecule has 3 rings (SSSR count). The van der Waals surface area contributed by atoms with Crippen LogP contribution in [0.1, 0.15) is 63.8 Å². The fourth-order valence-electron chi connectivity index (χ4n) is 3.30. The Balaban J connectivity index is 1.85. The Hall–Kier alpha value is -2.67. The van der Waals surface area contributed by atoms with Gasteiger partial charge in [-0.25, -0.2) is 4.98 Å². The molecule has 7 heteroatoms. The van der Waals surface area contributed by atoms with E-state index in [4.69, 9.17) is 5.73 Å². The third kappa shape index (κ3) is 5.44. The van der Waals surface area contributed by atoms with E-state index >= 15 is 0 Å². The van der Waals surface area contributed by atoms with Gasteiger partial charge in [-0.15, -0.1) is 0 Å². The van der Waals surface area contributed by atoms with E-state index in [0.717, 1.165) is 49.0 Å². The maximum atomic E-state index is 10.4. The number of nitrogens with two attached hydrogens (primary N) is 1. The fourth-order valence-corrected chi connectivity index (χ4v) is 3.30. The van der Waals surface area contributed by atoms with Gasteiger partial charge in [-0.3, -0.25) is 4.57 Å². The third-order valence-corrected chi connectivity index (χ3v) is 4.88. The number of anilines is 1. The Morgan fingerprint density at radius 1 is 1.03 bits per heavy atom. The molecule has 4 N–H and O–H groups in total. The Bertz CT molecular complexity index is 956. The van der Waals surface area contributed by atoms with E-state index in [1.54, 1.807) is 4.57 Å². The van der Waals surface area contributed by atoms with Crippen LogP contribution >= 0.6 is 0 Å². The van der Waals surface area contributed by atoms with Crippen molar-refractivity contribution < 1.29 is 5.11 Å². The Kier molecular flexibility index (Phi) is 6.37. The molecule has 156 valence electrons. The Morgan fingerprint density at radius 2 is 1.72 bits per heavy atom. The van der Waals surface area contributed by atoms with Crippen LogP contribution < -0.4 is 11.1 Å². The smallest absolute Gasteiger partial charge is 0.296 e. The van der Waals surface area contributed by atoms with E-state index < -0.39 is 0 Å². The summed E-state index contributed by atoms with van der Waals surface area (Å²) in [6.07, 6.45) is 4.06. The second-order valence-electron chi connectivity index (χ2n) is 8.58. The summed E-state index contributed by atoms with van der Waals surface area (Å²) in [5.74, 6) is 0.198. The lowest BCUT2D eigenvalue weighted by Gasteiger charge is -2.20. The normalized spacial score (nSPS) is 12.0. The highest BCUT2D eigenvalue weighted by atomic mass is 16.3. The number of fused-ring (bicyclic) bond motifs is 1. The van der Waals surface area contributed by atoms with Gasteiger partial charge in [-0.2, -0.15) is 9.97 Å². The molecule has 0 radical (unpaired) electrons. The van der Waals surface area contributed by atoms with Crippen LogP contribution in [0.25, 0.3) is 11.2 Å². The van der Waals surface area contributed by atoms with Gasteiger partial charge in [0.2, 0.25) is 5.95 Å². The molecule has 0 atom stereocenters. The first kappa shape index (κ1) is 21.0. The Labute approximate surface area is 172 Å². The summed E-state index contributed by atoms with van der Waals surface area (Å²) in [5.41, 5.74) is 10.3. The molecule has 0 amide bonds. The predicted octanol–water partition coefficient (Wildman–Crippen LogP) is 3.78. The molecule has 0 aliphatic carbocycles. The topological polar surface area (TPSA) is 102 Å². The highest BCUT2D eigenvalue weighted by Gasteiger charge is 2.17. The minimum atomic E-state index is -0.0601. The van der Waals surface area contributed by atoms with Crippen molar-refractivity contribution >= 4 is 17.1 Å². The highest BCUT2D eigenvalue weighted by molar-refractivity contribution is 5.76. The molecule has 0 saturated carbocycles. The molecule has 1 aromatic carbocycles. The van der Waals surface area contributed by atoms with Gasteiger partial charge in [0.25, 0.3) is 6.01 Å². The molecule has 0 saturated heterocycles. The zero-order valence-electron chi connectivity index (χ0n) is 17.9. The van der Waals surface area contributed by atoms with Gasteiger partial charge in [0.15, 0.2) is 5.65 Å². The molecule has 0 fully saturated rings. The van der Waals surface area contributed by atoms with Crippen LogP contribution in [0.5, 0.6) is 6.01 Å². The van der Waals surface area contributed by atoms with Crippen LogP contribution in [-0.2, 0) is 19.5 Å². The molecule has 29 heavy (non-hydrogen) atoms. The van der Waals surface area contributed by atoms with Crippen molar-refractivity contribution in [1.29, 1.82) is 0 Å². The number of benzene rings is 1. The molecule has 7 nitrogen and oxygen atoms in total. The van der Waals surface area contributed by atoms with E-state index in [1.807, 2.05) is 0 Å². The summed E-state index contributed by atoms with van der Waals surface area (Å²) < 4.78 is 1.78. The van der Waals surface area contributed by atoms with Gasteiger partial charge >= 0.3 is 0 Å². The third-order valence-electron chi connectivity index (χ3n) is 4.88. The van der Waals surface area contributed by atoms with Crippen molar-refractivity contribution in [1.82, 2.24) is 24.8 Å². The van der Waals surface area contributed by atoms with E-state index in [2.05, 4.69) is 72.2 Å². The fraction of sp³-hybridized carbons (Fsp3) is 0.500. The van der Waals surface area contributed by atoms with Crippen molar-refractivity contribution in [3.05, 3.63) is 41.1 Å². The number of hydrogen-bond donors (Lipinski definition) is 3. The minimum absolute atomic E-state index is 0.0601. The van der Waals surface area contributed by atoms with Crippen LogP contribution in [0, 0.1) is 0 Å². The summed E-state index contributed by atoms with van der Waals surface area (Å²) >= 11 is 0. The molecule has 0 aliphatic rings. The molecular weight excluding hydrogens is 364 g/mol. The molecule has 0 spiro atoms. The van der Waals surface area contributed by atoms with E-state index in [9.17, 15) is 5.11 Å². The van der Waals surface area contributed by atoms with Crippen LogP contribution in [0.3, 0.4) is 0 Å². The summed E-state index contributed by atoms with van der Waals surface area (Å²) in [5, 5.41) is 13.9. The predicted molar refractivity (Wildman–Crippen MR) is 117 cm³/mol. The number of imidazole rings is 1. The SMILES string of the molecule is CCCCCc1nc(N)nc2nc(O)n(Cc3ccc(CNC(C)(C)C)cc3)c12. The summed E-state index contributed by atoms with van der Waals surface area (Å²) in [7, 11) is 0. The summed E-state index contributed by atoms with van der Waals surface area (Å²) in [4.78, 5) is 12.9. The molecule has 0 aliphatic heterocycles. The molecule has 0 bridgehead atoms. The molecule has 3 aromatic rings. The number of unbranched alkanes of at least 4 members (excludes halogenated alkanes) is 2. The van der Waals surface area contributed by atoms with Gasteiger partial charge in [0.1, 0.15) is 5.52 Å². The van der Waals surface area contributed by atoms with Crippen molar-refractivity contribution in [3.8, 4) is 6.01 Å². The van der Waals surface area contributed by atoms with Crippen molar-refractivity contribution in [2.45, 2.75) is 72.0 Å². The van der Waals surface area contributed by atoms with Gasteiger partial charge in [0.05, 0.1) is 12.2 Å².